The third kappa shape index (κ3) is 3.26. The van der Waals surface area contributed by atoms with E-state index in [-0.39, 0.29) is 5.91 Å². The molecule has 0 saturated heterocycles. The standard InChI is InChI=1S/C18H18N4O4/c1-21-8-17(26-16-5-3-2-4-15(16)21)18(23)22(6-13-9-24-11-19-13)7-14-10-25-12-20-14/h2-5,9-12,17H,6-8H2,1H3. The van der Waals surface area contributed by atoms with E-state index in [1.807, 2.05) is 36.2 Å². The van der Waals surface area contributed by atoms with Crippen molar-refractivity contribution in [2.45, 2.75) is 19.2 Å². The van der Waals surface area contributed by atoms with Gasteiger partial charge in [-0.05, 0) is 12.1 Å². The van der Waals surface area contributed by atoms with E-state index >= 15 is 0 Å². The summed E-state index contributed by atoms with van der Waals surface area (Å²) in [7, 11) is 1.95. The van der Waals surface area contributed by atoms with Gasteiger partial charge in [-0.2, -0.15) is 0 Å². The minimum absolute atomic E-state index is 0.141. The molecule has 1 amide bonds. The van der Waals surface area contributed by atoms with E-state index in [0.29, 0.717) is 36.8 Å². The molecule has 1 aromatic carbocycles. The summed E-state index contributed by atoms with van der Waals surface area (Å²) in [6.07, 6.45) is 5.11. The van der Waals surface area contributed by atoms with Crippen LogP contribution in [0.5, 0.6) is 5.75 Å². The van der Waals surface area contributed by atoms with Crippen molar-refractivity contribution in [2.75, 3.05) is 18.5 Å². The Hall–Kier alpha value is -3.29. The predicted octanol–water partition coefficient (Wildman–Crippen LogP) is 2.09. The Morgan fingerprint density at radius 1 is 1.15 bits per heavy atom. The zero-order valence-electron chi connectivity index (χ0n) is 14.2. The number of rotatable bonds is 5. The first-order valence-electron chi connectivity index (χ1n) is 8.20. The van der Waals surface area contributed by atoms with E-state index in [2.05, 4.69) is 9.97 Å². The number of benzene rings is 1. The Balaban J connectivity index is 1.56. The van der Waals surface area contributed by atoms with Gasteiger partial charge in [0.25, 0.3) is 5.91 Å². The minimum Gasteiger partial charge on any atom is -0.477 e. The van der Waals surface area contributed by atoms with Crippen molar-refractivity contribution in [3.63, 3.8) is 0 Å². The molecule has 4 rings (SSSR count). The van der Waals surface area contributed by atoms with Crippen molar-refractivity contribution in [2.24, 2.45) is 0 Å². The fourth-order valence-corrected chi connectivity index (χ4v) is 2.98. The van der Waals surface area contributed by atoms with E-state index < -0.39 is 6.10 Å². The molecule has 3 aromatic rings. The van der Waals surface area contributed by atoms with Gasteiger partial charge >= 0.3 is 0 Å². The van der Waals surface area contributed by atoms with Gasteiger partial charge in [0.05, 0.1) is 36.7 Å². The van der Waals surface area contributed by atoms with E-state index in [4.69, 9.17) is 13.6 Å². The highest BCUT2D eigenvalue weighted by atomic mass is 16.5. The summed E-state index contributed by atoms with van der Waals surface area (Å²) in [5, 5.41) is 0. The zero-order valence-corrected chi connectivity index (χ0v) is 14.2. The molecule has 1 unspecified atom stereocenters. The molecule has 8 heteroatoms. The van der Waals surface area contributed by atoms with Crippen LogP contribution in [0, 0.1) is 0 Å². The van der Waals surface area contributed by atoms with Crippen LogP contribution < -0.4 is 9.64 Å². The molecule has 3 heterocycles. The van der Waals surface area contributed by atoms with Gasteiger partial charge in [-0.15, -0.1) is 0 Å². The number of hydrogen-bond donors (Lipinski definition) is 0. The molecule has 8 nitrogen and oxygen atoms in total. The molecule has 26 heavy (non-hydrogen) atoms. The minimum atomic E-state index is -0.617. The normalized spacial score (nSPS) is 16.0. The zero-order chi connectivity index (χ0) is 17.9. The molecule has 0 N–H and O–H groups in total. The number of carbonyl (C=O) groups is 1. The fraction of sp³-hybridized carbons (Fsp3) is 0.278. The van der Waals surface area contributed by atoms with Crippen molar-refractivity contribution >= 4 is 11.6 Å². The number of para-hydroxylation sites is 2. The highest BCUT2D eigenvalue weighted by molar-refractivity contribution is 5.83. The Labute approximate surface area is 150 Å². The van der Waals surface area contributed by atoms with Gasteiger partial charge in [-0.3, -0.25) is 4.79 Å². The van der Waals surface area contributed by atoms with Crippen molar-refractivity contribution < 1.29 is 18.4 Å². The summed E-state index contributed by atoms with van der Waals surface area (Å²) < 4.78 is 16.0. The third-order valence-corrected chi connectivity index (χ3v) is 4.25. The monoisotopic (exact) mass is 354 g/mol. The quantitative estimate of drug-likeness (QED) is 0.693. The van der Waals surface area contributed by atoms with Crippen molar-refractivity contribution in [3.05, 3.63) is 61.0 Å². The van der Waals surface area contributed by atoms with Crippen LogP contribution in [-0.4, -0.2) is 40.5 Å². The van der Waals surface area contributed by atoms with Crippen molar-refractivity contribution in [3.8, 4) is 5.75 Å². The number of nitrogens with zero attached hydrogens (tertiary/aromatic N) is 4. The maximum absolute atomic E-state index is 13.2. The first kappa shape index (κ1) is 16.2. The van der Waals surface area contributed by atoms with Crippen LogP contribution >= 0.6 is 0 Å². The second kappa shape index (κ2) is 6.91. The summed E-state index contributed by atoms with van der Waals surface area (Å²) in [6, 6.07) is 7.67. The number of oxazole rings is 2. The Morgan fingerprint density at radius 2 is 1.81 bits per heavy atom. The summed E-state index contributed by atoms with van der Waals surface area (Å²) >= 11 is 0. The molecule has 0 fully saturated rings. The highest BCUT2D eigenvalue weighted by Gasteiger charge is 2.32. The Kier molecular flexibility index (Phi) is 4.30. The first-order chi connectivity index (χ1) is 12.7. The van der Waals surface area contributed by atoms with Crippen LogP contribution in [0.2, 0.25) is 0 Å². The van der Waals surface area contributed by atoms with E-state index in [1.165, 1.54) is 25.3 Å². The summed E-state index contributed by atoms with van der Waals surface area (Å²) in [6.45, 7) is 1.06. The predicted molar refractivity (Wildman–Crippen MR) is 91.4 cm³/mol. The molecule has 1 aliphatic heterocycles. The molecular formula is C18H18N4O4. The first-order valence-corrected chi connectivity index (χ1v) is 8.20. The van der Waals surface area contributed by atoms with Crippen LogP contribution in [0.4, 0.5) is 5.69 Å². The molecule has 0 radical (unpaired) electrons. The second-order valence-electron chi connectivity index (χ2n) is 6.11. The lowest BCUT2D eigenvalue weighted by atomic mass is 10.1. The lowest BCUT2D eigenvalue weighted by Crippen LogP contribution is -2.49. The topological polar surface area (TPSA) is 84.8 Å². The van der Waals surface area contributed by atoms with Gasteiger partial charge in [-0.1, -0.05) is 12.1 Å². The van der Waals surface area contributed by atoms with E-state index in [0.717, 1.165) is 5.69 Å². The maximum Gasteiger partial charge on any atom is 0.266 e. The average Bonchev–Trinajstić information content (AvgIpc) is 3.34. The van der Waals surface area contributed by atoms with Crippen LogP contribution in [0.25, 0.3) is 0 Å². The van der Waals surface area contributed by atoms with Crippen LogP contribution in [0.1, 0.15) is 11.4 Å². The third-order valence-electron chi connectivity index (χ3n) is 4.25. The lowest BCUT2D eigenvalue weighted by molar-refractivity contribution is -0.140. The molecule has 0 bridgehead atoms. The van der Waals surface area contributed by atoms with Crippen LogP contribution in [-0.2, 0) is 17.9 Å². The molecule has 1 atom stereocenters. The van der Waals surface area contributed by atoms with Crippen molar-refractivity contribution in [1.29, 1.82) is 0 Å². The van der Waals surface area contributed by atoms with Gasteiger partial charge in [0.2, 0.25) is 0 Å². The number of carbonyl (C=O) groups excluding carboxylic acids is 1. The Bertz CT molecular complexity index is 827. The van der Waals surface area contributed by atoms with Crippen LogP contribution in [0.15, 0.2) is 58.4 Å². The molecule has 0 spiro atoms. The van der Waals surface area contributed by atoms with E-state index in [9.17, 15) is 4.79 Å². The smallest absolute Gasteiger partial charge is 0.266 e. The van der Waals surface area contributed by atoms with Gasteiger partial charge in [0, 0.05) is 7.05 Å². The number of anilines is 1. The number of hydrogen-bond acceptors (Lipinski definition) is 7. The number of amides is 1. The van der Waals surface area contributed by atoms with Gasteiger partial charge in [0.15, 0.2) is 18.9 Å². The lowest BCUT2D eigenvalue weighted by Gasteiger charge is -2.35. The SMILES string of the molecule is CN1CC(C(=O)N(Cc2cocn2)Cc2cocn2)Oc2ccccc21. The van der Waals surface area contributed by atoms with Gasteiger partial charge in [-0.25, -0.2) is 9.97 Å². The molecular weight excluding hydrogens is 336 g/mol. The summed E-state index contributed by atoms with van der Waals surface area (Å²) in [4.78, 5) is 25.0. The second-order valence-corrected chi connectivity index (χ2v) is 6.11. The largest absolute Gasteiger partial charge is 0.477 e. The molecule has 0 saturated carbocycles. The van der Waals surface area contributed by atoms with Crippen LogP contribution in [0.3, 0.4) is 0 Å². The average molecular weight is 354 g/mol. The molecule has 2 aromatic heterocycles. The number of likely N-dealkylation sites (N-methyl/N-ethyl adjacent to an activating group) is 1. The molecule has 0 aliphatic carbocycles. The highest BCUT2D eigenvalue weighted by Crippen LogP contribution is 2.32. The summed E-state index contributed by atoms with van der Waals surface area (Å²) in [5.41, 5.74) is 2.29. The van der Waals surface area contributed by atoms with Crippen molar-refractivity contribution in [1.82, 2.24) is 14.9 Å². The number of aromatic nitrogens is 2. The number of ether oxygens (including phenoxy) is 1. The summed E-state index contributed by atoms with van der Waals surface area (Å²) in [5.74, 6) is 0.555. The molecule has 1 aliphatic rings. The fourth-order valence-electron chi connectivity index (χ4n) is 2.98. The van der Waals surface area contributed by atoms with Gasteiger partial charge in [0.1, 0.15) is 18.3 Å². The Morgan fingerprint density at radius 3 is 2.42 bits per heavy atom. The molecule has 134 valence electrons. The number of fused-ring (bicyclic) bond motifs is 1. The van der Waals surface area contributed by atoms with Gasteiger partial charge < -0.3 is 23.4 Å². The maximum atomic E-state index is 13.2. The van der Waals surface area contributed by atoms with E-state index in [1.54, 1.807) is 4.90 Å².